The molecule has 3 aliphatic rings. The number of nitrogens with zero attached hydrogens (tertiary/aromatic N) is 1. The second-order valence-corrected chi connectivity index (χ2v) is 16.6. The fourth-order valence-electron chi connectivity index (χ4n) is 9.72. The van der Waals surface area contributed by atoms with Gasteiger partial charge in [0, 0.05) is 32.6 Å². The second kappa shape index (κ2) is 13.5. The molecule has 2 aliphatic carbocycles. The summed E-state index contributed by atoms with van der Waals surface area (Å²) < 4.78 is 15.2. The van der Waals surface area contributed by atoms with Gasteiger partial charge in [0.1, 0.15) is 0 Å². The van der Waals surface area contributed by atoms with Crippen molar-refractivity contribution in [1.29, 1.82) is 0 Å². The lowest BCUT2D eigenvalue weighted by Gasteiger charge is -2.34. The van der Waals surface area contributed by atoms with E-state index in [-0.39, 0.29) is 0 Å². The molecule has 8 aromatic carbocycles. The van der Waals surface area contributed by atoms with Gasteiger partial charge in [0.25, 0.3) is 0 Å². The van der Waals surface area contributed by atoms with Crippen LogP contribution in [0.15, 0.2) is 194 Å². The van der Waals surface area contributed by atoms with Gasteiger partial charge in [0.2, 0.25) is 0 Å². The zero-order valence-corrected chi connectivity index (χ0v) is 33.0. The van der Waals surface area contributed by atoms with E-state index in [1.165, 1.54) is 53.9 Å². The highest BCUT2D eigenvalue weighted by Gasteiger charge is 2.48. The Morgan fingerprint density at radius 2 is 1.14 bits per heavy atom. The molecule has 0 spiro atoms. The summed E-state index contributed by atoms with van der Waals surface area (Å²) in [5, 5.41) is 1.36. The number of aryl methyl sites for hydroxylation is 1. The quantitative estimate of drug-likeness (QED) is 0.168. The van der Waals surface area contributed by atoms with Gasteiger partial charge in [-0.1, -0.05) is 140 Å². The van der Waals surface area contributed by atoms with Gasteiger partial charge in [-0.05, 0) is 117 Å². The van der Waals surface area contributed by atoms with Crippen molar-refractivity contribution in [3.8, 4) is 34.1 Å². The summed E-state index contributed by atoms with van der Waals surface area (Å²) in [6.45, 7) is 0. The third-order valence-electron chi connectivity index (χ3n) is 12.3. The summed E-state index contributed by atoms with van der Waals surface area (Å²) in [6.07, 6.45) is 4.53. The zero-order valence-electron chi connectivity index (χ0n) is 32.1. The Bertz CT molecular complexity index is 3060. The number of benzene rings is 8. The van der Waals surface area contributed by atoms with E-state index in [2.05, 4.69) is 205 Å². The summed E-state index contributed by atoms with van der Waals surface area (Å²) in [4.78, 5) is 3.78. The fraction of sp³-hybridized carbons (Fsp3) is 0.0545. The summed E-state index contributed by atoms with van der Waals surface area (Å²) in [5.41, 5.74) is 13.7. The predicted molar refractivity (Wildman–Crippen MR) is 243 cm³/mol. The molecule has 0 radical (unpaired) electrons. The monoisotopic (exact) mass is 775 g/mol. The highest BCUT2D eigenvalue weighted by atomic mass is 32.1. The van der Waals surface area contributed by atoms with E-state index in [4.69, 9.17) is 9.47 Å². The van der Waals surface area contributed by atoms with Crippen LogP contribution >= 0.6 is 11.3 Å². The van der Waals surface area contributed by atoms with Crippen LogP contribution < -0.4 is 14.4 Å². The van der Waals surface area contributed by atoms with Crippen molar-refractivity contribution in [1.82, 2.24) is 0 Å². The van der Waals surface area contributed by atoms with Crippen LogP contribution in [-0.2, 0) is 11.8 Å². The summed E-state index contributed by atoms with van der Waals surface area (Å²) >= 11 is 1.93. The number of hydrogen-bond acceptors (Lipinski definition) is 4. The zero-order chi connectivity index (χ0) is 38.9. The molecule has 280 valence electrons. The number of allylic oxidation sites excluding steroid dienone is 1. The van der Waals surface area contributed by atoms with Gasteiger partial charge in [0.15, 0.2) is 23.0 Å². The van der Waals surface area contributed by atoms with Crippen LogP contribution in [0.3, 0.4) is 0 Å². The van der Waals surface area contributed by atoms with Gasteiger partial charge < -0.3 is 14.4 Å². The Hall–Kier alpha value is -7.14. The number of fused-ring (bicyclic) bond motifs is 9. The first-order chi connectivity index (χ1) is 29.2. The first-order valence-corrected chi connectivity index (χ1v) is 21.1. The molecule has 1 aliphatic heterocycles. The number of rotatable bonds is 6. The van der Waals surface area contributed by atoms with Gasteiger partial charge in [-0.15, -0.1) is 11.3 Å². The topological polar surface area (TPSA) is 21.7 Å². The van der Waals surface area contributed by atoms with Crippen molar-refractivity contribution in [3.63, 3.8) is 0 Å². The maximum Gasteiger partial charge on any atom is 0.178 e. The van der Waals surface area contributed by atoms with Gasteiger partial charge >= 0.3 is 0 Å². The van der Waals surface area contributed by atoms with Crippen LogP contribution in [0.2, 0.25) is 0 Å². The molecule has 4 heteroatoms. The Morgan fingerprint density at radius 1 is 0.492 bits per heavy atom. The number of anilines is 3. The number of thiophene rings is 1. The van der Waals surface area contributed by atoms with Crippen molar-refractivity contribution in [2.45, 2.75) is 18.3 Å². The molecule has 0 saturated heterocycles. The van der Waals surface area contributed by atoms with Gasteiger partial charge in [0.05, 0.1) is 11.1 Å². The van der Waals surface area contributed by atoms with E-state index in [0.717, 1.165) is 46.8 Å². The molecule has 59 heavy (non-hydrogen) atoms. The van der Waals surface area contributed by atoms with Crippen molar-refractivity contribution in [3.05, 3.63) is 232 Å². The molecule has 0 bridgehead atoms. The number of ether oxygens (including phenoxy) is 2. The minimum atomic E-state index is -0.516. The highest BCUT2D eigenvalue weighted by molar-refractivity contribution is 7.19. The average Bonchev–Trinajstić information content (AvgIpc) is 3.83. The highest BCUT2D eigenvalue weighted by Crippen LogP contribution is 2.62. The minimum absolute atomic E-state index is 0.516. The van der Waals surface area contributed by atoms with E-state index in [0.29, 0.717) is 17.2 Å². The van der Waals surface area contributed by atoms with Crippen LogP contribution in [0.4, 0.5) is 17.1 Å². The molecule has 9 aromatic rings. The van der Waals surface area contributed by atoms with Crippen molar-refractivity contribution >= 4 is 50.1 Å². The predicted octanol–water partition coefficient (Wildman–Crippen LogP) is 15.1. The SMILES string of the molecule is C1=C(c2ccc(N(c3ccccc3)c3ccc4c(c3)Oc3ccc5c(c3O4)-c3ccccc3C5(c3ccccc3)c3ccccc3)cc2)CCc2sc3ccccc3c21. The number of para-hydroxylation sites is 1. The van der Waals surface area contributed by atoms with Crippen LogP contribution in [0.1, 0.15) is 44.7 Å². The Morgan fingerprint density at radius 3 is 1.92 bits per heavy atom. The fourth-order valence-corrected chi connectivity index (χ4v) is 10.9. The van der Waals surface area contributed by atoms with E-state index < -0.39 is 5.41 Å². The molecule has 0 unspecified atom stereocenters. The van der Waals surface area contributed by atoms with Gasteiger partial charge in [-0.25, -0.2) is 0 Å². The maximum absolute atomic E-state index is 6.97. The largest absolute Gasteiger partial charge is 0.449 e. The lowest BCUT2D eigenvalue weighted by molar-refractivity contribution is 0.360. The molecule has 0 N–H and O–H groups in total. The van der Waals surface area contributed by atoms with Gasteiger partial charge in [-0.2, -0.15) is 0 Å². The number of hydrogen-bond donors (Lipinski definition) is 0. The lowest BCUT2D eigenvalue weighted by atomic mass is 9.68. The third kappa shape index (κ3) is 5.26. The molecule has 0 fully saturated rings. The maximum atomic E-state index is 6.97. The van der Waals surface area contributed by atoms with Crippen molar-refractivity contribution in [2.24, 2.45) is 0 Å². The first-order valence-electron chi connectivity index (χ1n) is 20.3. The first kappa shape index (κ1) is 33.9. The van der Waals surface area contributed by atoms with E-state index in [1.54, 1.807) is 0 Å². The van der Waals surface area contributed by atoms with Crippen molar-refractivity contribution in [2.75, 3.05) is 4.90 Å². The van der Waals surface area contributed by atoms with E-state index in [1.807, 2.05) is 11.3 Å². The molecular weight excluding hydrogens is 739 g/mol. The molecule has 12 rings (SSSR count). The van der Waals surface area contributed by atoms with E-state index in [9.17, 15) is 0 Å². The standard InChI is InChI=1S/C55H37NO2S/c1-4-14-38(15-5-1)55(39-16-6-2-7-17-39)46-22-12-10-21-44(46)53-47(55)30-32-49-54(53)58-48-31-29-42(35-50(48)57-49)56(40-18-8-3-9-19-40)41-27-24-36(25-28-41)37-26-33-52-45(34-37)43-20-11-13-23-51(43)59-52/h1-25,27-32,34-35H,26,33H2. The lowest BCUT2D eigenvalue weighted by Crippen LogP contribution is -2.28. The van der Waals surface area contributed by atoms with Crippen LogP contribution in [0, 0.1) is 0 Å². The Labute approximate surface area is 347 Å². The third-order valence-corrected chi connectivity index (χ3v) is 13.6. The summed E-state index contributed by atoms with van der Waals surface area (Å²) in [7, 11) is 0. The van der Waals surface area contributed by atoms with Gasteiger partial charge in [-0.3, -0.25) is 0 Å². The summed E-state index contributed by atoms with van der Waals surface area (Å²) in [6, 6.07) is 69.4. The molecule has 0 saturated carbocycles. The normalized spacial score (nSPS) is 14.1. The Kier molecular flexibility index (Phi) is 7.75. The molecule has 0 amide bonds. The van der Waals surface area contributed by atoms with Crippen LogP contribution in [-0.4, -0.2) is 0 Å². The Balaban J connectivity index is 0.926. The smallest absolute Gasteiger partial charge is 0.178 e. The molecular formula is C55H37NO2S. The molecule has 2 heterocycles. The molecule has 1 aromatic heterocycles. The molecule has 0 atom stereocenters. The second-order valence-electron chi connectivity index (χ2n) is 15.5. The minimum Gasteiger partial charge on any atom is -0.449 e. The molecule has 3 nitrogen and oxygen atoms in total. The van der Waals surface area contributed by atoms with Crippen LogP contribution in [0.25, 0.3) is 32.9 Å². The van der Waals surface area contributed by atoms with E-state index >= 15 is 0 Å². The average molecular weight is 776 g/mol. The van der Waals surface area contributed by atoms with Crippen LogP contribution in [0.5, 0.6) is 23.0 Å². The summed E-state index contributed by atoms with van der Waals surface area (Å²) in [5.74, 6) is 2.83. The van der Waals surface area contributed by atoms with Crippen molar-refractivity contribution < 1.29 is 9.47 Å².